The van der Waals surface area contributed by atoms with Gasteiger partial charge in [0.1, 0.15) is 11.6 Å². The monoisotopic (exact) mass is 412 g/mol. The van der Waals surface area contributed by atoms with Crippen LogP contribution in [0.5, 0.6) is 5.75 Å². The zero-order valence-corrected chi connectivity index (χ0v) is 17.7. The summed E-state index contributed by atoms with van der Waals surface area (Å²) in [7, 11) is 0. The lowest BCUT2D eigenvalue weighted by molar-refractivity contribution is -0.131. The molecule has 0 spiro atoms. The van der Waals surface area contributed by atoms with Crippen molar-refractivity contribution in [2.24, 2.45) is 0 Å². The van der Waals surface area contributed by atoms with Crippen LogP contribution in [-0.2, 0) is 4.79 Å². The van der Waals surface area contributed by atoms with Crippen molar-refractivity contribution < 1.29 is 18.7 Å². The van der Waals surface area contributed by atoms with Gasteiger partial charge in [-0.05, 0) is 62.1 Å². The Kier molecular flexibility index (Phi) is 7.44. The second-order valence-corrected chi connectivity index (χ2v) is 7.71. The number of ether oxygens (including phenoxy) is 1. The molecule has 1 saturated heterocycles. The van der Waals surface area contributed by atoms with E-state index in [2.05, 4.69) is 0 Å². The van der Waals surface area contributed by atoms with Gasteiger partial charge < -0.3 is 14.5 Å². The number of amides is 2. The smallest absolute Gasteiger partial charge is 0.253 e. The lowest BCUT2D eigenvalue weighted by Gasteiger charge is -2.22. The average molecular weight is 413 g/mol. The molecule has 160 valence electrons. The molecule has 0 N–H and O–H groups in total. The standard InChI is InChI=1S/C24H29FN2O3/c1-18-6-3-7-19(2)23(18)30-17-4-8-22(28)26-13-5-14-27(16-15-26)24(29)20-9-11-21(25)12-10-20/h3,6-7,9-12H,4-5,8,13-17H2,1-2H3. The number of carbonyl (C=O) groups is 2. The fraction of sp³-hybridized carbons (Fsp3) is 0.417. The van der Waals surface area contributed by atoms with Crippen molar-refractivity contribution in [2.45, 2.75) is 33.1 Å². The van der Waals surface area contributed by atoms with Gasteiger partial charge in [-0.2, -0.15) is 0 Å². The van der Waals surface area contributed by atoms with Crippen LogP contribution < -0.4 is 4.74 Å². The van der Waals surface area contributed by atoms with Crippen molar-refractivity contribution in [3.05, 3.63) is 65.0 Å². The summed E-state index contributed by atoms with van der Waals surface area (Å²) in [6.45, 7) is 6.78. The van der Waals surface area contributed by atoms with E-state index in [1.165, 1.54) is 24.3 Å². The fourth-order valence-electron chi connectivity index (χ4n) is 3.73. The van der Waals surface area contributed by atoms with Crippen LogP contribution in [0.15, 0.2) is 42.5 Å². The maximum Gasteiger partial charge on any atom is 0.253 e. The first-order chi connectivity index (χ1) is 14.5. The minimum absolute atomic E-state index is 0.0937. The quantitative estimate of drug-likeness (QED) is 0.675. The molecule has 0 aliphatic carbocycles. The average Bonchev–Trinajstić information content (AvgIpc) is 2.99. The molecule has 3 rings (SSSR count). The number of hydrogen-bond acceptors (Lipinski definition) is 3. The van der Waals surface area contributed by atoms with Gasteiger partial charge in [-0.15, -0.1) is 0 Å². The predicted octanol–water partition coefficient (Wildman–Crippen LogP) is 3.98. The number of aryl methyl sites for hydroxylation is 2. The van der Waals surface area contributed by atoms with Crippen molar-refractivity contribution in [3.63, 3.8) is 0 Å². The maximum absolute atomic E-state index is 13.1. The summed E-state index contributed by atoms with van der Waals surface area (Å²) in [4.78, 5) is 28.8. The zero-order valence-electron chi connectivity index (χ0n) is 17.7. The van der Waals surface area contributed by atoms with Gasteiger partial charge in [0.05, 0.1) is 6.61 Å². The first-order valence-electron chi connectivity index (χ1n) is 10.5. The Morgan fingerprint density at radius 3 is 2.27 bits per heavy atom. The van der Waals surface area contributed by atoms with E-state index in [9.17, 15) is 14.0 Å². The maximum atomic E-state index is 13.1. The highest BCUT2D eigenvalue weighted by molar-refractivity contribution is 5.94. The van der Waals surface area contributed by atoms with Crippen LogP contribution in [0.1, 0.15) is 40.7 Å². The van der Waals surface area contributed by atoms with Crippen LogP contribution in [0.3, 0.4) is 0 Å². The summed E-state index contributed by atoms with van der Waals surface area (Å²) in [6, 6.07) is 11.6. The van der Waals surface area contributed by atoms with E-state index in [1.807, 2.05) is 36.9 Å². The Morgan fingerprint density at radius 2 is 1.57 bits per heavy atom. The summed E-state index contributed by atoms with van der Waals surface area (Å²) in [5, 5.41) is 0. The first-order valence-corrected chi connectivity index (χ1v) is 10.5. The molecule has 1 aliphatic rings. The molecule has 6 heteroatoms. The van der Waals surface area contributed by atoms with Crippen LogP contribution >= 0.6 is 0 Å². The van der Waals surface area contributed by atoms with E-state index in [0.717, 1.165) is 23.3 Å². The number of nitrogens with zero attached hydrogens (tertiary/aromatic N) is 2. The fourth-order valence-corrected chi connectivity index (χ4v) is 3.73. The molecule has 30 heavy (non-hydrogen) atoms. The number of para-hydroxylation sites is 1. The second-order valence-electron chi connectivity index (χ2n) is 7.71. The van der Waals surface area contributed by atoms with Gasteiger partial charge in [0.25, 0.3) is 5.91 Å². The molecule has 1 aliphatic heterocycles. The van der Waals surface area contributed by atoms with Gasteiger partial charge in [0, 0.05) is 38.2 Å². The Hall–Kier alpha value is -2.89. The van der Waals surface area contributed by atoms with Gasteiger partial charge in [0.2, 0.25) is 5.91 Å². The molecule has 0 bridgehead atoms. The molecule has 2 aromatic rings. The highest BCUT2D eigenvalue weighted by atomic mass is 19.1. The molecular weight excluding hydrogens is 383 g/mol. The Morgan fingerprint density at radius 1 is 0.933 bits per heavy atom. The molecule has 2 aromatic carbocycles. The number of rotatable bonds is 6. The van der Waals surface area contributed by atoms with E-state index in [1.54, 1.807) is 4.90 Å². The predicted molar refractivity (Wildman–Crippen MR) is 114 cm³/mol. The summed E-state index contributed by atoms with van der Waals surface area (Å²) in [5.74, 6) is 0.512. The van der Waals surface area contributed by atoms with E-state index < -0.39 is 0 Å². The van der Waals surface area contributed by atoms with Gasteiger partial charge >= 0.3 is 0 Å². The molecule has 0 unspecified atom stereocenters. The zero-order chi connectivity index (χ0) is 21.5. The topological polar surface area (TPSA) is 49.9 Å². The minimum Gasteiger partial charge on any atom is -0.493 e. The number of carbonyl (C=O) groups excluding carboxylic acids is 2. The normalized spacial score (nSPS) is 14.4. The van der Waals surface area contributed by atoms with Crippen LogP contribution in [-0.4, -0.2) is 54.4 Å². The van der Waals surface area contributed by atoms with Crippen molar-refractivity contribution in [3.8, 4) is 5.75 Å². The number of benzene rings is 2. The molecular formula is C24H29FN2O3. The van der Waals surface area contributed by atoms with Gasteiger partial charge in [0.15, 0.2) is 0 Å². The summed E-state index contributed by atoms with van der Waals surface area (Å²) in [5.41, 5.74) is 2.67. The third kappa shape index (κ3) is 5.59. The SMILES string of the molecule is Cc1cccc(C)c1OCCCC(=O)N1CCCN(C(=O)c2ccc(F)cc2)CC1. The van der Waals surface area contributed by atoms with Crippen molar-refractivity contribution in [2.75, 3.05) is 32.8 Å². The molecule has 0 aromatic heterocycles. The summed E-state index contributed by atoms with van der Waals surface area (Å²) >= 11 is 0. The third-order valence-corrected chi connectivity index (χ3v) is 5.42. The number of hydrogen-bond donors (Lipinski definition) is 0. The molecule has 1 heterocycles. The van der Waals surface area contributed by atoms with E-state index in [4.69, 9.17) is 4.74 Å². The Labute approximate surface area is 177 Å². The van der Waals surface area contributed by atoms with Crippen LogP contribution in [0.4, 0.5) is 4.39 Å². The van der Waals surface area contributed by atoms with E-state index >= 15 is 0 Å². The second kappa shape index (κ2) is 10.2. The lowest BCUT2D eigenvalue weighted by Crippen LogP contribution is -2.37. The van der Waals surface area contributed by atoms with Gasteiger partial charge in [-0.25, -0.2) is 4.39 Å². The van der Waals surface area contributed by atoms with E-state index in [0.29, 0.717) is 51.2 Å². The highest BCUT2D eigenvalue weighted by Gasteiger charge is 2.22. The Balaban J connectivity index is 1.45. The molecule has 2 amide bonds. The van der Waals surface area contributed by atoms with Gasteiger partial charge in [-0.1, -0.05) is 18.2 Å². The number of halogens is 1. The molecule has 0 saturated carbocycles. The third-order valence-electron chi connectivity index (χ3n) is 5.42. The first kappa shape index (κ1) is 21.8. The van der Waals surface area contributed by atoms with Crippen LogP contribution in [0.25, 0.3) is 0 Å². The largest absolute Gasteiger partial charge is 0.493 e. The Bertz CT molecular complexity index is 862. The molecule has 0 atom stereocenters. The lowest BCUT2D eigenvalue weighted by atomic mass is 10.1. The van der Waals surface area contributed by atoms with Crippen molar-refractivity contribution in [1.29, 1.82) is 0 Å². The van der Waals surface area contributed by atoms with Crippen molar-refractivity contribution >= 4 is 11.8 Å². The minimum atomic E-state index is -0.360. The van der Waals surface area contributed by atoms with Crippen LogP contribution in [0.2, 0.25) is 0 Å². The molecule has 0 radical (unpaired) electrons. The van der Waals surface area contributed by atoms with Crippen LogP contribution in [0, 0.1) is 19.7 Å². The summed E-state index contributed by atoms with van der Waals surface area (Å²) in [6.07, 6.45) is 1.82. The molecule has 1 fully saturated rings. The highest BCUT2D eigenvalue weighted by Crippen LogP contribution is 2.22. The van der Waals surface area contributed by atoms with Crippen molar-refractivity contribution in [1.82, 2.24) is 9.80 Å². The molecule has 5 nitrogen and oxygen atoms in total. The van der Waals surface area contributed by atoms with E-state index in [-0.39, 0.29) is 17.6 Å². The summed E-state index contributed by atoms with van der Waals surface area (Å²) < 4.78 is 19.0. The van der Waals surface area contributed by atoms with Gasteiger partial charge in [-0.3, -0.25) is 9.59 Å².